The van der Waals surface area contributed by atoms with E-state index in [1.165, 1.54) is 4.90 Å². The van der Waals surface area contributed by atoms with Crippen LogP contribution in [0, 0.1) is 23.7 Å². The Morgan fingerprint density at radius 2 is 1.70 bits per heavy atom. The molecular formula is C15H11BrClNO2. The van der Waals surface area contributed by atoms with Crippen molar-refractivity contribution in [1.82, 2.24) is 0 Å². The summed E-state index contributed by atoms with van der Waals surface area (Å²) < 4.78 is 0.754. The summed E-state index contributed by atoms with van der Waals surface area (Å²) in [5, 5.41) is 0.501. The quantitative estimate of drug-likeness (QED) is 0.574. The zero-order chi connectivity index (χ0) is 14.0. The highest BCUT2D eigenvalue weighted by Crippen LogP contribution is 2.53. The SMILES string of the molecule is O=C1[C@@H]2[C@H](C(=O)N1c1ccc(Br)c(Cl)c1)[C@@H]1C=C[C@H]2C1. The first-order valence-corrected chi connectivity index (χ1v) is 7.76. The lowest BCUT2D eigenvalue weighted by Crippen LogP contribution is -2.32. The topological polar surface area (TPSA) is 37.4 Å². The van der Waals surface area contributed by atoms with Crippen molar-refractivity contribution < 1.29 is 9.59 Å². The maximum absolute atomic E-state index is 12.6. The number of imide groups is 1. The van der Waals surface area contributed by atoms with Crippen LogP contribution in [0.2, 0.25) is 5.02 Å². The number of amides is 2. The highest BCUT2D eigenvalue weighted by atomic mass is 79.9. The summed E-state index contributed by atoms with van der Waals surface area (Å²) in [4.78, 5) is 26.5. The molecule has 1 aromatic carbocycles. The number of halogens is 2. The maximum Gasteiger partial charge on any atom is 0.238 e. The van der Waals surface area contributed by atoms with Crippen molar-refractivity contribution in [2.75, 3.05) is 4.90 Å². The minimum atomic E-state index is -0.167. The monoisotopic (exact) mass is 351 g/mol. The summed E-state index contributed by atoms with van der Waals surface area (Å²) in [5.74, 6) is -0.0138. The molecule has 1 heterocycles. The highest BCUT2D eigenvalue weighted by Gasteiger charge is 2.59. The molecule has 0 N–H and O–H groups in total. The molecule has 4 atom stereocenters. The van der Waals surface area contributed by atoms with E-state index in [1.807, 2.05) is 0 Å². The molecule has 0 radical (unpaired) electrons. The number of benzene rings is 1. The number of anilines is 1. The van der Waals surface area contributed by atoms with E-state index in [-0.39, 0.29) is 35.5 Å². The Bertz CT molecular complexity index is 642. The average molecular weight is 353 g/mol. The maximum atomic E-state index is 12.6. The van der Waals surface area contributed by atoms with Crippen LogP contribution in [0.5, 0.6) is 0 Å². The molecule has 20 heavy (non-hydrogen) atoms. The van der Waals surface area contributed by atoms with E-state index in [2.05, 4.69) is 28.1 Å². The third-order valence-electron chi connectivity index (χ3n) is 4.63. The van der Waals surface area contributed by atoms with Crippen LogP contribution in [0.1, 0.15) is 6.42 Å². The van der Waals surface area contributed by atoms with Gasteiger partial charge in [-0.2, -0.15) is 0 Å². The number of rotatable bonds is 1. The van der Waals surface area contributed by atoms with Crippen molar-refractivity contribution in [3.8, 4) is 0 Å². The van der Waals surface area contributed by atoms with E-state index in [0.29, 0.717) is 10.7 Å². The zero-order valence-electron chi connectivity index (χ0n) is 10.4. The van der Waals surface area contributed by atoms with Crippen molar-refractivity contribution in [1.29, 1.82) is 0 Å². The molecule has 0 spiro atoms. The number of carbonyl (C=O) groups is 2. The first-order valence-electron chi connectivity index (χ1n) is 6.59. The summed E-state index contributed by atoms with van der Waals surface area (Å²) in [6, 6.07) is 5.18. The third kappa shape index (κ3) is 1.52. The number of hydrogen-bond acceptors (Lipinski definition) is 2. The van der Waals surface area contributed by atoms with Gasteiger partial charge in [0.25, 0.3) is 0 Å². The zero-order valence-corrected chi connectivity index (χ0v) is 12.8. The number of fused-ring (bicyclic) bond motifs is 5. The molecule has 0 aromatic heterocycles. The van der Waals surface area contributed by atoms with E-state index in [1.54, 1.807) is 18.2 Å². The Balaban J connectivity index is 1.76. The first-order chi connectivity index (χ1) is 9.58. The Kier molecular flexibility index (Phi) is 2.63. The van der Waals surface area contributed by atoms with Crippen molar-refractivity contribution in [3.63, 3.8) is 0 Å². The largest absolute Gasteiger partial charge is 0.274 e. The molecule has 4 rings (SSSR count). The Morgan fingerprint density at radius 1 is 1.10 bits per heavy atom. The molecular weight excluding hydrogens is 342 g/mol. The second-order valence-electron chi connectivity index (χ2n) is 5.61. The van der Waals surface area contributed by atoms with Gasteiger partial charge < -0.3 is 0 Å². The predicted octanol–water partition coefficient (Wildman–Crippen LogP) is 3.41. The summed E-state index contributed by atoms with van der Waals surface area (Å²) in [6.07, 6.45) is 5.13. The summed E-state index contributed by atoms with van der Waals surface area (Å²) in [5.41, 5.74) is 0.571. The minimum absolute atomic E-state index is 0.0739. The predicted molar refractivity (Wildman–Crippen MR) is 79.4 cm³/mol. The Morgan fingerprint density at radius 3 is 2.25 bits per heavy atom. The lowest BCUT2D eigenvalue weighted by atomic mass is 9.85. The Labute approximate surface area is 129 Å². The molecule has 1 saturated heterocycles. The van der Waals surface area contributed by atoms with Crippen LogP contribution >= 0.6 is 27.5 Å². The van der Waals surface area contributed by atoms with E-state index in [4.69, 9.17) is 11.6 Å². The standard InChI is InChI=1S/C15H11BrClNO2/c16-10-4-3-9(6-11(10)17)18-14(19)12-7-1-2-8(5-7)13(12)15(18)20/h1-4,6-8,12-13H,5H2/t7-,8+,12-,13+. The van der Waals surface area contributed by atoms with Gasteiger partial charge in [-0.15, -0.1) is 0 Å². The van der Waals surface area contributed by atoms with Gasteiger partial charge in [0.2, 0.25) is 11.8 Å². The molecule has 0 unspecified atom stereocenters. The van der Waals surface area contributed by atoms with Gasteiger partial charge in [0.05, 0.1) is 22.5 Å². The molecule has 1 saturated carbocycles. The molecule has 2 bridgehead atoms. The molecule has 102 valence electrons. The number of allylic oxidation sites excluding steroid dienone is 2. The normalized spacial score (nSPS) is 34.2. The molecule has 2 aliphatic carbocycles. The second-order valence-corrected chi connectivity index (χ2v) is 6.87. The van der Waals surface area contributed by atoms with Crippen LogP contribution in [-0.4, -0.2) is 11.8 Å². The van der Waals surface area contributed by atoms with Gasteiger partial charge in [0.1, 0.15) is 0 Å². The number of carbonyl (C=O) groups excluding carboxylic acids is 2. The van der Waals surface area contributed by atoms with Crippen LogP contribution in [0.15, 0.2) is 34.8 Å². The molecule has 1 aliphatic heterocycles. The first kappa shape index (κ1) is 12.6. The fraction of sp³-hybridized carbons (Fsp3) is 0.333. The van der Waals surface area contributed by atoms with Gasteiger partial charge in [-0.3, -0.25) is 9.59 Å². The summed E-state index contributed by atoms with van der Waals surface area (Å²) in [6.45, 7) is 0. The smallest absolute Gasteiger partial charge is 0.238 e. The van der Waals surface area contributed by atoms with Crippen LogP contribution in [0.25, 0.3) is 0 Å². The third-order valence-corrected chi connectivity index (χ3v) is 5.86. The van der Waals surface area contributed by atoms with E-state index in [9.17, 15) is 9.59 Å². The van der Waals surface area contributed by atoms with Crippen molar-refractivity contribution >= 4 is 45.0 Å². The van der Waals surface area contributed by atoms with Crippen LogP contribution in [0.3, 0.4) is 0 Å². The lowest BCUT2D eigenvalue weighted by molar-refractivity contribution is -0.123. The van der Waals surface area contributed by atoms with Crippen molar-refractivity contribution in [2.45, 2.75) is 6.42 Å². The number of hydrogen-bond donors (Lipinski definition) is 0. The van der Waals surface area contributed by atoms with Gasteiger partial charge in [-0.1, -0.05) is 23.8 Å². The fourth-order valence-corrected chi connectivity index (χ4v) is 4.20. The molecule has 2 amide bonds. The van der Waals surface area contributed by atoms with Gasteiger partial charge in [0.15, 0.2) is 0 Å². The summed E-state index contributed by atoms with van der Waals surface area (Å²) in [7, 11) is 0. The fourth-order valence-electron chi connectivity index (χ4n) is 3.78. The highest BCUT2D eigenvalue weighted by molar-refractivity contribution is 9.10. The van der Waals surface area contributed by atoms with Gasteiger partial charge in [0, 0.05) is 4.47 Å². The van der Waals surface area contributed by atoms with E-state index < -0.39 is 0 Å². The molecule has 1 aromatic rings. The van der Waals surface area contributed by atoms with Crippen LogP contribution in [0.4, 0.5) is 5.69 Å². The molecule has 5 heteroatoms. The van der Waals surface area contributed by atoms with Gasteiger partial charge in [-0.05, 0) is 52.4 Å². The van der Waals surface area contributed by atoms with E-state index >= 15 is 0 Å². The number of nitrogens with zero attached hydrogens (tertiary/aromatic N) is 1. The molecule has 2 fully saturated rings. The van der Waals surface area contributed by atoms with Crippen LogP contribution in [-0.2, 0) is 9.59 Å². The van der Waals surface area contributed by atoms with E-state index in [0.717, 1.165) is 10.9 Å². The van der Waals surface area contributed by atoms with Crippen molar-refractivity contribution in [2.24, 2.45) is 23.7 Å². The molecule has 3 aliphatic rings. The Hall–Kier alpha value is -1.13. The summed E-state index contributed by atoms with van der Waals surface area (Å²) >= 11 is 9.39. The average Bonchev–Trinajstić information content (AvgIpc) is 3.08. The second kappa shape index (κ2) is 4.18. The van der Waals surface area contributed by atoms with Gasteiger partial charge in [-0.25, -0.2) is 4.90 Å². The van der Waals surface area contributed by atoms with Crippen molar-refractivity contribution in [3.05, 3.63) is 39.8 Å². The van der Waals surface area contributed by atoms with Crippen LogP contribution < -0.4 is 4.90 Å². The lowest BCUT2D eigenvalue weighted by Gasteiger charge is -2.17. The minimum Gasteiger partial charge on any atom is -0.274 e. The molecule has 3 nitrogen and oxygen atoms in total. The van der Waals surface area contributed by atoms with Gasteiger partial charge >= 0.3 is 0 Å².